The topological polar surface area (TPSA) is 29.1 Å². The molecular weight excluding hydrogens is 112 g/mol. The van der Waals surface area contributed by atoms with Crippen molar-refractivity contribution in [2.24, 2.45) is 0 Å². The molecule has 1 radical (unpaired) electrons. The second-order valence-corrected chi connectivity index (χ2v) is 2.53. The first-order chi connectivity index (χ1) is 3.39. The van der Waals surface area contributed by atoms with Gasteiger partial charge in [-0.2, -0.15) is 11.8 Å². The lowest BCUT2D eigenvalue weighted by Crippen LogP contribution is -2.20. The lowest BCUT2D eigenvalue weighted by Gasteiger charge is -2.13. The van der Waals surface area contributed by atoms with E-state index in [0.717, 1.165) is 5.75 Å². The maximum Gasteiger partial charge on any atom is 0.200 e. The van der Waals surface area contributed by atoms with E-state index in [1.807, 2.05) is 0 Å². The lowest BCUT2D eigenvalue weighted by molar-refractivity contribution is -0.122. The van der Waals surface area contributed by atoms with Crippen molar-refractivity contribution in [3.8, 4) is 0 Å². The Kier molecular flexibility index (Phi) is 1.97. The normalized spacial score (nSPS) is 33.0. The molecule has 0 aliphatic carbocycles. The highest BCUT2D eigenvalue weighted by atomic mass is 32.2. The zero-order valence-electron chi connectivity index (χ0n) is 3.92. The van der Waals surface area contributed by atoms with Crippen LogP contribution in [-0.4, -0.2) is 24.4 Å². The van der Waals surface area contributed by atoms with E-state index < -0.39 is 6.29 Å². The Morgan fingerprint density at radius 2 is 2.57 bits per heavy atom. The Labute approximate surface area is 46.9 Å². The monoisotopic (exact) mass is 119 g/mol. The van der Waals surface area contributed by atoms with Crippen molar-refractivity contribution in [3.05, 3.63) is 0 Å². The van der Waals surface area contributed by atoms with Crippen LogP contribution in [0.4, 0.5) is 0 Å². The van der Waals surface area contributed by atoms with E-state index in [2.05, 4.69) is 0 Å². The van der Waals surface area contributed by atoms with E-state index >= 15 is 0 Å². The number of thioether (sulfide) groups is 1. The fraction of sp³-hybridized carbons (Fsp3) is 1.00. The summed E-state index contributed by atoms with van der Waals surface area (Å²) in [7, 11) is 0. The fourth-order valence-corrected chi connectivity index (χ4v) is 1.14. The van der Waals surface area contributed by atoms with Crippen LogP contribution < -0.4 is 0 Å². The van der Waals surface area contributed by atoms with Gasteiger partial charge in [0.25, 0.3) is 0 Å². The summed E-state index contributed by atoms with van der Waals surface area (Å²) in [6, 6.07) is 0. The van der Waals surface area contributed by atoms with Gasteiger partial charge in [0.2, 0.25) is 0 Å². The third kappa shape index (κ3) is 1.67. The first-order valence-electron chi connectivity index (χ1n) is 2.25. The zero-order chi connectivity index (χ0) is 5.11. The maximum atomic E-state index is 10.3. The van der Waals surface area contributed by atoms with Gasteiger partial charge >= 0.3 is 0 Å². The number of hydrogen-bond acceptors (Lipinski definition) is 2. The third-order valence-corrected chi connectivity index (χ3v) is 1.75. The highest BCUT2D eigenvalue weighted by molar-refractivity contribution is 7.99. The highest BCUT2D eigenvalue weighted by Gasteiger charge is 2.10. The van der Waals surface area contributed by atoms with Gasteiger partial charge in [-0.3, -0.25) is 0 Å². The summed E-state index contributed by atoms with van der Waals surface area (Å²) in [5, 5.41) is 10.3. The summed E-state index contributed by atoms with van der Waals surface area (Å²) in [6.45, 7) is 0.638. The summed E-state index contributed by atoms with van der Waals surface area (Å²) in [5.41, 5.74) is 0. The molecule has 7 heavy (non-hydrogen) atoms. The van der Waals surface area contributed by atoms with Gasteiger partial charge in [0.05, 0.1) is 6.61 Å². The van der Waals surface area contributed by atoms with E-state index in [-0.39, 0.29) is 0 Å². The predicted molar refractivity (Wildman–Crippen MR) is 27.8 cm³/mol. The van der Waals surface area contributed by atoms with Crippen molar-refractivity contribution in [1.29, 1.82) is 0 Å². The van der Waals surface area contributed by atoms with Crippen LogP contribution in [0.1, 0.15) is 0 Å². The molecule has 0 spiro atoms. The van der Waals surface area contributed by atoms with Crippen molar-refractivity contribution in [2.45, 2.75) is 6.29 Å². The number of ether oxygens (including phenoxy) is 1. The van der Waals surface area contributed by atoms with Crippen molar-refractivity contribution in [1.82, 2.24) is 0 Å². The molecule has 1 fully saturated rings. The molecular formula is C4H7O2S. The van der Waals surface area contributed by atoms with E-state index in [0.29, 0.717) is 12.4 Å². The minimum Gasteiger partial charge on any atom is -0.348 e. The average Bonchev–Trinajstić information content (AvgIpc) is 1.69. The molecule has 0 amide bonds. The Hall–Kier alpha value is 0.270. The molecule has 0 aromatic rings. The average molecular weight is 119 g/mol. The number of hydrogen-bond donors (Lipinski definition) is 0. The largest absolute Gasteiger partial charge is 0.348 e. The molecule has 0 bridgehead atoms. The highest BCUT2D eigenvalue weighted by Crippen LogP contribution is 2.09. The van der Waals surface area contributed by atoms with Crippen LogP contribution >= 0.6 is 11.8 Å². The molecule has 0 aromatic heterocycles. The Morgan fingerprint density at radius 1 is 1.71 bits per heavy atom. The first-order valence-corrected chi connectivity index (χ1v) is 3.40. The Balaban J connectivity index is 2.12. The molecule has 1 unspecified atom stereocenters. The van der Waals surface area contributed by atoms with Crippen LogP contribution in [0.3, 0.4) is 0 Å². The van der Waals surface area contributed by atoms with Gasteiger partial charge in [-0.15, -0.1) is 0 Å². The summed E-state index contributed by atoms with van der Waals surface area (Å²) >= 11 is 1.67. The smallest absolute Gasteiger partial charge is 0.200 e. The Morgan fingerprint density at radius 3 is 2.86 bits per heavy atom. The Bertz CT molecular complexity index is 51.7. The van der Waals surface area contributed by atoms with Gasteiger partial charge < -0.3 is 4.74 Å². The molecule has 1 atom stereocenters. The van der Waals surface area contributed by atoms with Crippen LogP contribution in [0, 0.1) is 0 Å². The molecule has 1 aliphatic rings. The minimum atomic E-state index is -0.751. The molecule has 1 heterocycles. The van der Waals surface area contributed by atoms with Gasteiger partial charge in [0.1, 0.15) is 0 Å². The van der Waals surface area contributed by atoms with Crippen molar-refractivity contribution >= 4 is 11.8 Å². The van der Waals surface area contributed by atoms with E-state index in [9.17, 15) is 5.11 Å². The van der Waals surface area contributed by atoms with Crippen molar-refractivity contribution in [3.63, 3.8) is 0 Å². The number of rotatable bonds is 0. The summed E-state index contributed by atoms with van der Waals surface area (Å²) in [5.74, 6) is 1.61. The van der Waals surface area contributed by atoms with Gasteiger partial charge in [-0.1, -0.05) is 0 Å². The zero-order valence-corrected chi connectivity index (χ0v) is 4.74. The molecule has 0 N–H and O–H groups in total. The van der Waals surface area contributed by atoms with E-state index in [1.54, 1.807) is 11.8 Å². The maximum absolute atomic E-state index is 10.3. The van der Waals surface area contributed by atoms with Crippen LogP contribution in [-0.2, 0) is 9.84 Å². The molecule has 0 aromatic carbocycles. The predicted octanol–water partition coefficient (Wildman–Crippen LogP) is 0.506. The molecule has 1 rings (SSSR count). The lowest BCUT2D eigenvalue weighted by atomic mass is 10.7. The molecule has 1 aliphatic heterocycles. The molecule has 2 nitrogen and oxygen atoms in total. The van der Waals surface area contributed by atoms with Gasteiger partial charge in [-0.25, -0.2) is 5.11 Å². The minimum absolute atomic E-state index is 0.625. The van der Waals surface area contributed by atoms with Crippen LogP contribution in [0.15, 0.2) is 0 Å². The SMILES string of the molecule is [O]C1CSCCO1. The van der Waals surface area contributed by atoms with Crippen LogP contribution in [0.2, 0.25) is 0 Å². The standard InChI is InChI=1S/C4H7O2S/c5-4-3-7-2-1-6-4/h4H,1-3H2. The molecule has 41 valence electrons. The molecule has 0 saturated carbocycles. The van der Waals surface area contributed by atoms with Crippen LogP contribution in [0.25, 0.3) is 0 Å². The van der Waals surface area contributed by atoms with Gasteiger partial charge in [0.15, 0.2) is 6.29 Å². The molecule has 3 heteroatoms. The van der Waals surface area contributed by atoms with Gasteiger partial charge in [-0.05, 0) is 0 Å². The van der Waals surface area contributed by atoms with Gasteiger partial charge in [0, 0.05) is 11.5 Å². The quantitative estimate of drug-likeness (QED) is 0.465. The van der Waals surface area contributed by atoms with E-state index in [4.69, 9.17) is 4.74 Å². The van der Waals surface area contributed by atoms with Crippen molar-refractivity contribution in [2.75, 3.05) is 18.1 Å². The summed E-state index contributed by atoms with van der Waals surface area (Å²) in [6.07, 6.45) is -0.751. The molecule has 1 saturated heterocycles. The first kappa shape index (κ1) is 5.41. The second-order valence-electron chi connectivity index (χ2n) is 1.38. The summed E-state index contributed by atoms with van der Waals surface area (Å²) in [4.78, 5) is 0. The third-order valence-electron chi connectivity index (χ3n) is 0.785. The van der Waals surface area contributed by atoms with Crippen LogP contribution in [0.5, 0.6) is 0 Å². The second kappa shape index (κ2) is 2.55. The summed E-state index contributed by atoms with van der Waals surface area (Å²) < 4.78 is 4.70. The van der Waals surface area contributed by atoms with Crippen molar-refractivity contribution < 1.29 is 9.84 Å². The fourth-order valence-electron chi connectivity index (χ4n) is 0.466. The van der Waals surface area contributed by atoms with E-state index in [1.165, 1.54) is 0 Å².